The van der Waals surface area contributed by atoms with Crippen LogP contribution in [0.1, 0.15) is 107 Å². The van der Waals surface area contributed by atoms with Crippen molar-refractivity contribution in [3.05, 3.63) is 12.2 Å². The Morgan fingerprint density at radius 2 is 1.68 bits per heavy atom. The molecule has 2 bridgehead atoms. The topological polar surface area (TPSA) is 26.3 Å². The number of Topliss-reactive ketones (excluding diaryl/α,β-unsaturated/α-hetero) is 1. The number of allylic oxidation sites excluding steroid dienone is 1. The number of rotatable bonds is 2. The molecule has 3 aliphatic carbocycles. The van der Waals surface area contributed by atoms with E-state index in [9.17, 15) is 4.79 Å². The van der Waals surface area contributed by atoms with Gasteiger partial charge in [-0.25, -0.2) is 0 Å². The summed E-state index contributed by atoms with van der Waals surface area (Å²) in [6.45, 7) is 20.2. The van der Waals surface area contributed by atoms with Crippen molar-refractivity contribution in [2.75, 3.05) is 6.61 Å². The van der Waals surface area contributed by atoms with E-state index in [1.165, 1.54) is 19.3 Å². The first-order valence-corrected chi connectivity index (χ1v) is 13.2. The predicted molar refractivity (Wildman–Crippen MR) is 129 cm³/mol. The van der Waals surface area contributed by atoms with Crippen molar-refractivity contribution in [3.8, 4) is 0 Å². The molecular formula is C29H48O2. The molecular weight excluding hydrogens is 380 g/mol. The van der Waals surface area contributed by atoms with Crippen molar-refractivity contribution in [2.24, 2.45) is 45.3 Å². The molecule has 176 valence electrons. The quantitative estimate of drug-likeness (QED) is 0.423. The fraction of sp³-hybridized carbons (Fsp3) is 0.897. The first-order chi connectivity index (χ1) is 14.3. The molecule has 2 heteroatoms. The molecule has 4 rings (SSSR count). The lowest BCUT2D eigenvalue weighted by Gasteiger charge is -2.66. The molecule has 0 amide bonds. The van der Waals surface area contributed by atoms with Gasteiger partial charge in [-0.3, -0.25) is 4.79 Å². The molecule has 2 saturated carbocycles. The van der Waals surface area contributed by atoms with E-state index in [-0.39, 0.29) is 21.8 Å². The second-order valence-corrected chi connectivity index (χ2v) is 13.6. The van der Waals surface area contributed by atoms with Gasteiger partial charge < -0.3 is 4.74 Å². The summed E-state index contributed by atoms with van der Waals surface area (Å²) in [6, 6.07) is 0. The van der Waals surface area contributed by atoms with Crippen LogP contribution in [-0.2, 0) is 9.53 Å². The Labute approximate surface area is 192 Å². The van der Waals surface area contributed by atoms with Crippen LogP contribution in [-0.4, -0.2) is 18.0 Å². The van der Waals surface area contributed by atoms with Crippen molar-refractivity contribution in [1.29, 1.82) is 0 Å². The van der Waals surface area contributed by atoms with E-state index >= 15 is 0 Å². The number of fused-ring (bicyclic) bond motifs is 3. The summed E-state index contributed by atoms with van der Waals surface area (Å²) in [5.74, 6) is 2.92. The molecule has 0 N–H and O–H groups in total. The van der Waals surface area contributed by atoms with E-state index in [4.69, 9.17) is 4.74 Å². The van der Waals surface area contributed by atoms with Crippen LogP contribution in [0.15, 0.2) is 12.2 Å². The van der Waals surface area contributed by atoms with E-state index in [0.29, 0.717) is 34.9 Å². The maximum absolute atomic E-state index is 12.8. The second kappa shape index (κ2) is 7.44. The first kappa shape index (κ1) is 23.5. The van der Waals surface area contributed by atoms with Crippen molar-refractivity contribution >= 4 is 5.78 Å². The number of ketones is 1. The highest BCUT2D eigenvalue weighted by atomic mass is 16.5. The van der Waals surface area contributed by atoms with E-state index in [1.807, 2.05) is 0 Å². The van der Waals surface area contributed by atoms with Gasteiger partial charge in [0, 0.05) is 23.2 Å². The molecule has 2 nitrogen and oxygen atoms in total. The number of carbonyl (C=O) groups is 1. The molecule has 7 unspecified atom stereocenters. The van der Waals surface area contributed by atoms with Crippen LogP contribution in [0.4, 0.5) is 0 Å². The van der Waals surface area contributed by atoms with Gasteiger partial charge in [0.25, 0.3) is 0 Å². The van der Waals surface area contributed by atoms with Gasteiger partial charge in [-0.1, -0.05) is 74.0 Å². The lowest BCUT2D eigenvalue weighted by atomic mass is 9.38. The zero-order valence-corrected chi connectivity index (χ0v) is 21.6. The SMILES string of the molecule is CC(C)C(C)C1C2(C)CCC3(C)C4(C)CCCC(C)(C)C(=O)CCCC4C=CC13OC2. The molecule has 0 radical (unpaired) electrons. The van der Waals surface area contributed by atoms with Gasteiger partial charge in [0.15, 0.2) is 0 Å². The molecule has 0 aromatic heterocycles. The van der Waals surface area contributed by atoms with Crippen molar-refractivity contribution in [1.82, 2.24) is 0 Å². The minimum Gasteiger partial charge on any atom is -0.369 e. The summed E-state index contributed by atoms with van der Waals surface area (Å²) in [4.78, 5) is 12.8. The van der Waals surface area contributed by atoms with Gasteiger partial charge in [-0.2, -0.15) is 0 Å². The Kier molecular flexibility index (Phi) is 5.65. The fourth-order valence-electron chi connectivity index (χ4n) is 8.53. The molecule has 31 heavy (non-hydrogen) atoms. The third kappa shape index (κ3) is 3.17. The third-order valence-electron chi connectivity index (χ3n) is 11.3. The predicted octanol–water partition coefficient (Wildman–Crippen LogP) is 7.61. The molecule has 7 atom stereocenters. The number of ether oxygens (including phenoxy) is 1. The summed E-state index contributed by atoms with van der Waals surface area (Å²) >= 11 is 0. The second-order valence-electron chi connectivity index (χ2n) is 13.6. The highest BCUT2D eigenvalue weighted by Crippen LogP contribution is 2.73. The average molecular weight is 429 g/mol. The summed E-state index contributed by atoms with van der Waals surface area (Å²) in [6.07, 6.45) is 13.9. The molecule has 1 saturated heterocycles. The van der Waals surface area contributed by atoms with Crippen LogP contribution in [0.2, 0.25) is 0 Å². The van der Waals surface area contributed by atoms with Crippen molar-refractivity contribution in [2.45, 2.75) is 112 Å². The smallest absolute Gasteiger partial charge is 0.138 e. The maximum Gasteiger partial charge on any atom is 0.138 e. The van der Waals surface area contributed by atoms with Gasteiger partial charge >= 0.3 is 0 Å². The highest BCUT2D eigenvalue weighted by molar-refractivity contribution is 5.83. The molecule has 1 aliphatic heterocycles. The van der Waals surface area contributed by atoms with E-state index in [1.54, 1.807) is 0 Å². The lowest BCUT2D eigenvalue weighted by molar-refractivity contribution is -0.193. The Balaban J connectivity index is 1.78. The standard InChI is InChI=1S/C29H48O2/c1-20(2)21(3)24-26(6)17-18-28(8)27(7)15-10-14-25(4,5)23(30)12-9-11-22(27)13-16-29(24,28)31-19-26/h13,16,20-22,24H,9-12,14-15,17-19H2,1-8H3. The largest absolute Gasteiger partial charge is 0.369 e. The maximum atomic E-state index is 12.8. The van der Waals surface area contributed by atoms with Gasteiger partial charge in [0.1, 0.15) is 5.78 Å². The third-order valence-corrected chi connectivity index (χ3v) is 11.3. The Hall–Kier alpha value is -0.630. The highest BCUT2D eigenvalue weighted by Gasteiger charge is 2.73. The zero-order valence-electron chi connectivity index (χ0n) is 21.6. The molecule has 3 fully saturated rings. The van der Waals surface area contributed by atoms with Crippen LogP contribution < -0.4 is 0 Å². The monoisotopic (exact) mass is 428 g/mol. The average Bonchev–Trinajstić information content (AvgIpc) is 2.92. The van der Waals surface area contributed by atoms with Crippen molar-refractivity contribution in [3.63, 3.8) is 0 Å². The summed E-state index contributed by atoms with van der Waals surface area (Å²) < 4.78 is 7.02. The molecule has 0 aromatic rings. The van der Waals surface area contributed by atoms with Gasteiger partial charge in [-0.05, 0) is 67.1 Å². The van der Waals surface area contributed by atoms with Crippen molar-refractivity contribution < 1.29 is 9.53 Å². The molecule has 1 heterocycles. The molecule has 1 spiro atoms. The Morgan fingerprint density at radius 3 is 2.35 bits per heavy atom. The Bertz CT molecular complexity index is 750. The molecule has 0 aromatic carbocycles. The van der Waals surface area contributed by atoms with Gasteiger partial charge in [0.2, 0.25) is 0 Å². The van der Waals surface area contributed by atoms with Gasteiger partial charge in [-0.15, -0.1) is 0 Å². The summed E-state index contributed by atoms with van der Waals surface area (Å²) in [7, 11) is 0. The minimum absolute atomic E-state index is 0.135. The van der Waals surface area contributed by atoms with E-state index < -0.39 is 0 Å². The normalized spacial score (nSPS) is 48.2. The van der Waals surface area contributed by atoms with Crippen LogP contribution in [0.25, 0.3) is 0 Å². The van der Waals surface area contributed by atoms with E-state index in [2.05, 4.69) is 67.5 Å². The number of hydrogen-bond donors (Lipinski definition) is 0. The fourth-order valence-corrected chi connectivity index (χ4v) is 8.53. The van der Waals surface area contributed by atoms with Crippen LogP contribution in [0.3, 0.4) is 0 Å². The number of hydrogen-bond acceptors (Lipinski definition) is 2. The summed E-state index contributed by atoms with van der Waals surface area (Å²) in [5.41, 5.74) is 0.358. The van der Waals surface area contributed by atoms with Gasteiger partial charge in [0.05, 0.1) is 12.2 Å². The zero-order chi connectivity index (χ0) is 22.9. The lowest BCUT2D eigenvalue weighted by Crippen LogP contribution is -2.66. The number of carbonyl (C=O) groups excluding carboxylic acids is 1. The minimum atomic E-state index is -0.171. The summed E-state index contributed by atoms with van der Waals surface area (Å²) in [5, 5.41) is 0. The molecule has 4 aliphatic rings. The Morgan fingerprint density at radius 1 is 0.968 bits per heavy atom. The van der Waals surface area contributed by atoms with Crippen LogP contribution in [0.5, 0.6) is 0 Å². The van der Waals surface area contributed by atoms with E-state index in [0.717, 1.165) is 38.7 Å². The first-order valence-electron chi connectivity index (χ1n) is 13.2. The van der Waals surface area contributed by atoms with Crippen LogP contribution >= 0.6 is 0 Å². The van der Waals surface area contributed by atoms with Crippen LogP contribution in [0, 0.1) is 45.3 Å².